The summed E-state index contributed by atoms with van der Waals surface area (Å²) >= 11 is 13.7. The molecule has 0 aliphatic heterocycles. The number of hydrogen-bond acceptors (Lipinski definition) is 0. The molecule has 0 saturated heterocycles. The molecule has 2 aromatic rings. The number of halogens is 3. The van der Waals surface area contributed by atoms with Gasteiger partial charge in [0.05, 0.1) is 0 Å². The van der Waals surface area contributed by atoms with Crippen LogP contribution in [0.4, 0.5) is 0 Å². The van der Waals surface area contributed by atoms with Crippen LogP contribution in [0.25, 0.3) is 0 Å². The highest BCUT2D eigenvalue weighted by atomic mass is 79.9. The van der Waals surface area contributed by atoms with Gasteiger partial charge in [0.25, 0.3) is 0 Å². The zero-order chi connectivity index (χ0) is 15.5. The van der Waals surface area contributed by atoms with Gasteiger partial charge in [0, 0.05) is 21.1 Å². The fraction of sp³-hybridized carbons (Fsp3) is 0.333. The van der Waals surface area contributed by atoms with Crippen molar-refractivity contribution in [2.24, 2.45) is 0 Å². The van der Waals surface area contributed by atoms with Crippen LogP contribution in [-0.4, -0.2) is 10.7 Å². The molecule has 3 heteroatoms. The number of hydrogen-bond donors (Lipinski definition) is 0. The maximum absolute atomic E-state index is 6.20. The number of rotatable bonds is 5. The van der Waals surface area contributed by atoms with Crippen LogP contribution in [-0.2, 0) is 11.8 Å². The summed E-state index contributed by atoms with van der Waals surface area (Å²) in [6, 6.07) is 14.7. The van der Waals surface area contributed by atoms with Crippen LogP contribution < -0.4 is 0 Å². The Bertz CT molecular complexity index is 598. The van der Waals surface area contributed by atoms with Gasteiger partial charge in [0.15, 0.2) is 0 Å². The van der Waals surface area contributed by atoms with Gasteiger partial charge < -0.3 is 0 Å². The van der Waals surface area contributed by atoms with E-state index in [0.29, 0.717) is 0 Å². The second-order valence-electron chi connectivity index (χ2n) is 5.61. The second kappa shape index (κ2) is 7.30. The van der Waals surface area contributed by atoms with Gasteiger partial charge in [-0.1, -0.05) is 73.8 Å². The molecular formula is C18H19Br2Cl. The Kier molecular flexibility index (Phi) is 5.93. The van der Waals surface area contributed by atoms with Crippen LogP contribution in [0.5, 0.6) is 0 Å². The quantitative estimate of drug-likeness (QED) is 0.494. The van der Waals surface area contributed by atoms with Crippen molar-refractivity contribution in [2.75, 3.05) is 10.7 Å². The Balaban J connectivity index is 2.48. The number of alkyl halides is 2. The molecule has 0 heterocycles. The van der Waals surface area contributed by atoms with Crippen LogP contribution in [0.1, 0.15) is 22.3 Å². The van der Waals surface area contributed by atoms with Gasteiger partial charge in [-0.15, -0.1) is 0 Å². The highest BCUT2D eigenvalue weighted by molar-refractivity contribution is 9.09. The van der Waals surface area contributed by atoms with E-state index in [-0.39, 0.29) is 5.41 Å². The van der Waals surface area contributed by atoms with E-state index in [0.717, 1.165) is 22.1 Å². The Labute approximate surface area is 149 Å². The molecule has 0 N–H and O–H groups in total. The van der Waals surface area contributed by atoms with Crippen molar-refractivity contribution >= 4 is 43.5 Å². The van der Waals surface area contributed by atoms with Gasteiger partial charge in [-0.25, -0.2) is 0 Å². The molecule has 0 spiro atoms. The summed E-state index contributed by atoms with van der Waals surface area (Å²) < 4.78 is 0. The third kappa shape index (κ3) is 3.72. The highest BCUT2D eigenvalue weighted by Crippen LogP contribution is 2.35. The average Bonchev–Trinajstić information content (AvgIpc) is 2.48. The molecule has 0 amide bonds. The van der Waals surface area contributed by atoms with Crippen LogP contribution in [0.2, 0.25) is 5.02 Å². The standard InChI is InChI=1S/C18H19Br2Cl/c1-13-5-3-6-14(2)17(13)10-18(11-19,12-20)15-7-4-8-16(21)9-15/h3-9H,10-12H2,1-2H3. The minimum Gasteiger partial charge on any atom is -0.0918 e. The molecule has 0 aliphatic rings. The normalized spacial score (nSPS) is 11.7. The third-order valence-electron chi connectivity index (χ3n) is 4.11. The number of aryl methyl sites for hydroxylation is 2. The summed E-state index contributed by atoms with van der Waals surface area (Å²) in [6.07, 6.45) is 0.988. The molecule has 0 bridgehead atoms. The molecule has 0 unspecified atom stereocenters. The van der Waals surface area contributed by atoms with E-state index in [1.54, 1.807) is 0 Å². The molecule has 2 aromatic carbocycles. The first-order chi connectivity index (χ1) is 10.0. The summed E-state index contributed by atoms with van der Waals surface area (Å²) in [5.41, 5.74) is 5.40. The topological polar surface area (TPSA) is 0 Å². The molecule has 0 radical (unpaired) electrons. The van der Waals surface area contributed by atoms with E-state index >= 15 is 0 Å². The summed E-state index contributed by atoms with van der Waals surface area (Å²) in [7, 11) is 0. The first-order valence-electron chi connectivity index (χ1n) is 6.95. The van der Waals surface area contributed by atoms with Crippen molar-refractivity contribution in [3.8, 4) is 0 Å². The van der Waals surface area contributed by atoms with Gasteiger partial charge in [-0.05, 0) is 54.7 Å². The summed E-state index contributed by atoms with van der Waals surface area (Å²) in [5, 5.41) is 2.57. The lowest BCUT2D eigenvalue weighted by Crippen LogP contribution is -2.33. The molecule has 0 aromatic heterocycles. The van der Waals surface area contributed by atoms with Gasteiger partial charge in [0.2, 0.25) is 0 Å². The smallest absolute Gasteiger partial charge is 0.0408 e. The van der Waals surface area contributed by atoms with E-state index in [1.165, 1.54) is 22.3 Å². The molecule has 2 rings (SSSR count). The van der Waals surface area contributed by atoms with Crippen molar-refractivity contribution in [2.45, 2.75) is 25.7 Å². The Morgan fingerprint density at radius 3 is 2.05 bits per heavy atom. The molecule has 0 aliphatic carbocycles. The van der Waals surface area contributed by atoms with Crippen molar-refractivity contribution in [1.82, 2.24) is 0 Å². The Morgan fingerprint density at radius 2 is 1.52 bits per heavy atom. The van der Waals surface area contributed by atoms with Crippen LogP contribution in [0.15, 0.2) is 42.5 Å². The predicted octanol–water partition coefficient (Wildman–Crippen LogP) is 6.23. The molecule has 0 fully saturated rings. The van der Waals surface area contributed by atoms with E-state index in [2.05, 4.69) is 76.0 Å². The molecule has 0 nitrogen and oxygen atoms in total. The average molecular weight is 431 g/mol. The Morgan fingerprint density at radius 1 is 0.952 bits per heavy atom. The van der Waals surface area contributed by atoms with E-state index in [4.69, 9.17) is 11.6 Å². The first-order valence-corrected chi connectivity index (χ1v) is 9.57. The predicted molar refractivity (Wildman–Crippen MR) is 100 cm³/mol. The Hall–Kier alpha value is -0.310. The molecular weight excluding hydrogens is 411 g/mol. The van der Waals surface area contributed by atoms with Crippen molar-refractivity contribution in [1.29, 1.82) is 0 Å². The zero-order valence-corrected chi connectivity index (χ0v) is 16.2. The lowest BCUT2D eigenvalue weighted by atomic mass is 9.77. The van der Waals surface area contributed by atoms with Crippen molar-refractivity contribution in [3.63, 3.8) is 0 Å². The molecule has 112 valence electrons. The first kappa shape index (κ1) is 17.1. The van der Waals surface area contributed by atoms with Crippen LogP contribution >= 0.6 is 43.5 Å². The summed E-state index contributed by atoms with van der Waals surface area (Å²) in [5.74, 6) is 0. The molecule has 0 saturated carbocycles. The van der Waals surface area contributed by atoms with E-state index in [9.17, 15) is 0 Å². The second-order valence-corrected chi connectivity index (χ2v) is 7.16. The largest absolute Gasteiger partial charge is 0.0918 e. The molecule has 0 atom stereocenters. The summed E-state index contributed by atoms with van der Waals surface area (Å²) in [4.78, 5) is 0. The van der Waals surface area contributed by atoms with Crippen LogP contribution in [0, 0.1) is 13.8 Å². The van der Waals surface area contributed by atoms with Crippen molar-refractivity contribution in [3.05, 3.63) is 69.7 Å². The van der Waals surface area contributed by atoms with Gasteiger partial charge in [0.1, 0.15) is 0 Å². The van der Waals surface area contributed by atoms with Gasteiger partial charge in [-0.2, -0.15) is 0 Å². The fourth-order valence-corrected chi connectivity index (χ4v) is 4.83. The van der Waals surface area contributed by atoms with E-state index < -0.39 is 0 Å². The third-order valence-corrected chi connectivity index (χ3v) is 6.49. The van der Waals surface area contributed by atoms with Crippen molar-refractivity contribution < 1.29 is 0 Å². The number of benzene rings is 2. The maximum Gasteiger partial charge on any atom is 0.0408 e. The van der Waals surface area contributed by atoms with Crippen LogP contribution in [0.3, 0.4) is 0 Å². The summed E-state index contributed by atoms with van der Waals surface area (Å²) in [6.45, 7) is 4.38. The maximum atomic E-state index is 6.20. The minimum atomic E-state index is 0.00176. The lowest BCUT2D eigenvalue weighted by Gasteiger charge is -2.32. The SMILES string of the molecule is Cc1cccc(C)c1CC(CBr)(CBr)c1cccc(Cl)c1. The van der Waals surface area contributed by atoms with Gasteiger partial charge in [-0.3, -0.25) is 0 Å². The highest BCUT2D eigenvalue weighted by Gasteiger charge is 2.31. The molecule has 21 heavy (non-hydrogen) atoms. The fourth-order valence-electron chi connectivity index (χ4n) is 2.67. The monoisotopic (exact) mass is 428 g/mol. The van der Waals surface area contributed by atoms with Gasteiger partial charge >= 0.3 is 0 Å². The lowest BCUT2D eigenvalue weighted by molar-refractivity contribution is 0.548. The zero-order valence-electron chi connectivity index (χ0n) is 12.3. The van der Waals surface area contributed by atoms with E-state index in [1.807, 2.05) is 12.1 Å². The minimum absolute atomic E-state index is 0.00176.